The third-order valence-corrected chi connectivity index (χ3v) is 2.40. The molecule has 2 nitrogen and oxygen atoms in total. The van der Waals surface area contributed by atoms with Crippen molar-refractivity contribution in [1.82, 2.24) is 0 Å². The van der Waals surface area contributed by atoms with Gasteiger partial charge in [-0.05, 0) is 19.8 Å². The van der Waals surface area contributed by atoms with Gasteiger partial charge in [0.15, 0.2) is 23.3 Å². The molecule has 0 unspecified atom stereocenters. The van der Waals surface area contributed by atoms with Crippen molar-refractivity contribution < 1.29 is 31.5 Å². The molecule has 0 amide bonds. The van der Waals surface area contributed by atoms with Crippen LogP contribution in [0, 0.1) is 29.1 Å². The molecule has 0 atom stereocenters. The zero-order valence-corrected chi connectivity index (χ0v) is 10.5. The molecule has 0 aliphatic rings. The molecular formula is C13H11F5O2. The van der Waals surface area contributed by atoms with Gasteiger partial charge in [-0.2, -0.15) is 0 Å². The number of hydrogen-bond acceptors (Lipinski definition) is 2. The van der Waals surface area contributed by atoms with Crippen LogP contribution in [-0.4, -0.2) is 12.6 Å². The lowest BCUT2D eigenvalue weighted by atomic mass is 10.1. The van der Waals surface area contributed by atoms with Gasteiger partial charge in [-0.3, -0.25) is 0 Å². The first kappa shape index (κ1) is 16.1. The van der Waals surface area contributed by atoms with Crippen LogP contribution in [0.2, 0.25) is 0 Å². The Kier molecular flexibility index (Phi) is 5.66. The summed E-state index contributed by atoms with van der Waals surface area (Å²) >= 11 is 0. The monoisotopic (exact) mass is 294 g/mol. The topological polar surface area (TPSA) is 26.3 Å². The highest BCUT2D eigenvalue weighted by Gasteiger charge is 2.30. The minimum absolute atomic E-state index is 0.192. The lowest BCUT2D eigenvalue weighted by Crippen LogP contribution is -2.15. The van der Waals surface area contributed by atoms with E-state index in [1.807, 2.05) is 0 Å². The van der Waals surface area contributed by atoms with E-state index in [0.29, 0.717) is 12.8 Å². The minimum atomic E-state index is -2.32. The van der Waals surface area contributed by atoms with Gasteiger partial charge in [-0.1, -0.05) is 12.2 Å². The molecule has 20 heavy (non-hydrogen) atoms. The molecule has 1 rings (SSSR count). The van der Waals surface area contributed by atoms with Gasteiger partial charge in [0.1, 0.15) is 5.56 Å². The molecular weight excluding hydrogens is 283 g/mol. The number of esters is 1. The molecule has 0 aromatic heterocycles. The van der Waals surface area contributed by atoms with Gasteiger partial charge in [-0.15, -0.1) is 0 Å². The summed E-state index contributed by atoms with van der Waals surface area (Å²) < 4.78 is 69.5. The number of carbonyl (C=O) groups is 1. The van der Waals surface area contributed by atoms with Gasteiger partial charge in [0.05, 0.1) is 6.61 Å². The first-order chi connectivity index (χ1) is 9.41. The highest BCUT2D eigenvalue weighted by molar-refractivity contribution is 5.90. The number of allylic oxidation sites excluding steroid dienone is 2. The van der Waals surface area contributed by atoms with E-state index in [1.165, 1.54) is 0 Å². The smallest absolute Gasteiger partial charge is 0.344 e. The number of unbranched alkanes of at least 4 members (excludes halogenated alkanes) is 1. The van der Waals surface area contributed by atoms with Crippen molar-refractivity contribution >= 4 is 5.97 Å². The van der Waals surface area contributed by atoms with Crippen molar-refractivity contribution in [3.8, 4) is 0 Å². The zero-order valence-electron chi connectivity index (χ0n) is 10.5. The van der Waals surface area contributed by atoms with E-state index < -0.39 is 40.6 Å². The van der Waals surface area contributed by atoms with E-state index in [2.05, 4.69) is 4.74 Å². The maximum atomic E-state index is 13.3. The van der Waals surface area contributed by atoms with Crippen LogP contribution < -0.4 is 0 Å². The zero-order chi connectivity index (χ0) is 15.3. The quantitative estimate of drug-likeness (QED) is 0.206. The molecule has 1 aromatic rings. The molecule has 7 heteroatoms. The van der Waals surface area contributed by atoms with E-state index in [0.717, 1.165) is 0 Å². The first-order valence-corrected chi connectivity index (χ1v) is 5.71. The second-order valence-corrected chi connectivity index (χ2v) is 3.79. The highest BCUT2D eigenvalue weighted by atomic mass is 19.2. The summed E-state index contributed by atoms with van der Waals surface area (Å²) in [6.45, 7) is 1.59. The summed E-state index contributed by atoms with van der Waals surface area (Å²) in [6.07, 6.45) is 4.45. The van der Waals surface area contributed by atoms with Crippen molar-refractivity contribution in [3.63, 3.8) is 0 Å². The van der Waals surface area contributed by atoms with Gasteiger partial charge >= 0.3 is 5.97 Å². The number of benzene rings is 1. The molecule has 0 saturated carbocycles. The second kappa shape index (κ2) is 7.02. The van der Waals surface area contributed by atoms with E-state index in [-0.39, 0.29) is 6.61 Å². The number of hydrogen-bond donors (Lipinski definition) is 0. The Balaban J connectivity index is 2.88. The van der Waals surface area contributed by atoms with Gasteiger partial charge in [0.2, 0.25) is 5.82 Å². The van der Waals surface area contributed by atoms with Crippen LogP contribution in [0.5, 0.6) is 0 Å². The molecule has 0 aliphatic carbocycles. The van der Waals surface area contributed by atoms with Gasteiger partial charge in [-0.25, -0.2) is 26.7 Å². The number of rotatable bonds is 5. The number of halogens is 5. The van der Waals surface area contributed by atoms with Crippen LogP contribution in [0.4, 0.5) is 22.0 Å². The number of ether oxygens (including phenoxy) is 1. The highest BCUT2D eigenvalue weighted by Crippen LogP contribution is 2.23. The third-order valence-electron chi connectivity index (χ3n) is 2.40. The molecule has 110 valence electrons. The summed E-state index contributed by atoms with van der Waals surface area (Å²) in [7, 11) is 0. The molecule has 0 bridgehead atoms. The fraction of sp³-hybridized carbons (Fsp3) is 0.308. The van der Waals surface area contributed by atoms with Crippen molar-refractivity contribution in [2.75, 3.05) is 6.61 Å². The summed E-state index contributed by atoms with van der Waals surface area (Å²) in [5.41, 5.74) is -1.58. The molecule has 0 spiro atoms. The first-order valence-electron chi connectivity index (χ1n) is 5.71. The largest absolute Gasteiger partial charge is 0.462 e. The molecule has 0 fully saturated rings. The normalized spacial score (nSPS) is 11.1. The second-order valence-electron chi connectivity index (χ2n) is 3.79. The van der Waals surface area contributed by atoms with Crippen LogP contribution in [0.1, 0.15) is 30.1 Å². The van der Waals surface area contributed by atoms with E-state index in [4.69, 9.17) is 0 Å². The van der Waals surface area contributed by atoms with Crippen LogP contribution in [0.25, 0.3) is 0 Å². The Hall–Kier alpha value is -1.92. The van der Waals surface area contributed by atoms with Crippen molar-refractivity contribution in [1.29, 1.82) is 0 Å². The van der Waals surface area contributed by atoms with E-state index in [9.17, 15) is 26.7 Å². The van der Waals surface area contributed by atoms with Crippen molar-refractivity contribution in [3.05, 3.63) is 46.8 Å². The fourth-order valence-electron chi connectivity index (χ4n) is 1.39. The van der Waals surface area contributed by atoms with Gasteiger partial charge in [0, 0.05) is 0 Å². The average molecular weight is 294 g/mol. The predicted molar refractivity (Wildman–Crippen MR) is 60.6 cm³/mol. The Morgan fingerprint density at radius 2 is 1.50 bits per heavy atom. The van der Waals surface area contributed by atoms with Gasteiger partial charge in [0.25, 0.3) is 0 Å². The van der Waals surface area contributed by atoms with E-state index in [1.54, 1.807) is 19.1 Å². The summed E-state index contributed by atoms with van der Waals surface area (Å²) in [5, 5.41) is 0. The third kappa shape index (κ3) is 3.34. The predicted octanol–water partition coefficient (Wildman–Crippen LogP) is 3.90. The van der Waals surface area contributed by atoms with Crippen LogP contribution in [0.3, 0.4) is 0 Å². The Labute approximate surface area is 111 Å². The van der Waals surface area contributed by atoms with Crippen molar-refractivity contribution in [2.45, 2.75) is 19.8 Å². The molecule has 0 saturated heterocycles. The number of carbonyl (C=O) groups excluding carboxylic acids is 1. The fourth-order valence-corrected chi connectivity index (χ4v) is 1.39. The van der Waals surface area contributed by atoms with Crippen LogP contribution in [-0.2, 0) is 4.74 Å². The maximum absolute atomic E-state index is 13.3. The Bertz CT molecular complexity index is 511. The minimum Gasteiger partial charge on any atom is -0.462 e. The van der Waals surface area contributed by atoms with Gasteiger partial charge < -0.3 is 4.74 Å². The van der Waals surface area contributed by atoms with Crippen LogP contribution >= 0.6 is 0 Å². The summed E-state index contributed by atoms with van der Waals surface area (Å²) in [4.78, 5) is 11.4. The molecule has 0 aliphatic heterocycles. The maximum Gasteiger partial charge on any atom is 0.344 e. The average Bonchev–Trinajstić information content (AvgIpc) is 2.43. The molecule has 0 radical (unpaired) electrons. The SMILES string of the molecule is C/C=C/CCCOC(=O)c1c(F)c(F)c(F)c(F)c1F. The summed E-state index contributed by atoms with van der Waals surface area (Å²) in [6, 6.07) is 0. The Morgan fingerprint density at radius 3 is 2.00 bits per heavy atom. The lowest BCUT2D eigenvalue weighted by Gasteiger charge is -2.08. The van der Waals surface area contributed by atoms with Crippen LogP contribution in [0.15, 0.2) is 12.2 Å². The lowest BCUT2D eigenvalue weighted by molar-refractivity contribution is 0.0486. The van der Waals surface area contributed by atoms with Crippen molar-refractivity contribution in [2.24, 2.45) is 0 Å². The Morgan fingerprint density at radius 1 is 1.00 bits per heavy atom. The standard InChI is InChI=1S/C13H11F5O2/c1-2-3-4-5-6-20-13(19)7-8(14)10(16)12(18)11(17)9(7)15/h2-3H,4-6H2,1H3/b3-2+. The van der Waals surface area contributed by atoms with E-state index >= 15 is 0 Å². The molecule has 1 aromatic carbocycles. The summed E-state index contributed by atoms with van der Waals surface area (Å²) in [5.74, 6) is -12.6. The molecule has 0 heterocycles. The molecule has 0 N–H and O–H groups in total.